The van der Waals surface area contributed by atoms with E-state index in [4.69, 9.17) is 14.5 Å². The van der Waals surface area contributed by atoms with Crippen molar-refractivity contribution in [1.29, 1.82) is 0 Å². The molecule has 0 aliphatic carbocycles. The number of benzene rings is 1. The summed E-state index contributed by atoms with van der Waals surface area (Å²) in [6.45, 7) is 6.30. The van der Waals surface area contributed by atoms with Gasteiger partial charge in [0.05, 0.1) is 11.6 Å². The van der Waals surface area contributed by atoms with Crippen molar-refractivity contribution < 1.29 is 14.3 Å². The Labute approximate surface area is 260 Å². The van der Waals surface area contributed by atoms with Crippen molar-refractivity contribution in [3.63, 3.8) is 0 Å². The van der Waals surface area contributed by atoms with Gasteiger partial charge < -0.3 is 29.5 Å². The molecule has 230 valence electrons. The van der Waals surface area contributed by atoms with E-state index in [1.807, 2.05) is 74.6 Å². The summed E-state index contributed by atoms with van der Waals surface area (Å²) in [5.74, 6) is 3.38. The minimum Gasteiger partial charge on any atom is -0.487 e. The fraction of sp³-hybridized carbons (Fsp3) is 0.312. The highest BCUT2D eigenvalue weighted by molar-refractivity contribution is 5.90. The summed E-state index contributed by atoms with van der Waals surface area (Å²) in [7, 11) is 3.99. The first-order valence-corrected chi connectivity index (χ1v) is 14.9. The predicted molar refractivity (Wildman–Crippen MR) is 170 cm³/mol. The minimum absolute atomic E-state index is 0.00137. The molecule has 1 saturated heterocycles. The smallest absolute Gasteiger partial charge is 0.246 e. The number of hydrogen-bond acceptors (Lipinski definition) is 11. The van der Waals surface area contributed by atoms with Crippen molar-refractivity contribution in [2.75, 3.05) is 50.6 Å². The van der Waals surface area contributed by atoms with Crippen LogP contribution in [0.25, 0.3) is 16.7 Å². The van der Waals surface area contributed by atoms with Gasteiger partial charge in [0.15, 0.2) is 23.0 Å². The van der Waals surface area contributed by atoms with E-state index in [-0.39, 0.29) is 18.0 Å². The third kappa shape index (κ3) is 5.69. The van der Waals surface area contributed by atoms with Gasteiger partial charge in [0.25, 0.3) is 0 Å². The number of fused-ring (bicyclic) bond motifs is 6. The molecule has 5 aromatic rings. The number of aryl methyl sites for hydroxylation is 1. The summed E-state index contributed by atoms with van der Waals surface area (Å²) >= 11 is 0. The number of nitrogens with one attached hydrogen (secondary N) is 1. The molecule has 6 heterocycles. The van der Waals surface area contributed by atoms with E-state index in [1.54, 1.807) is 10.6 Å². The van der Waals surface area contributed by atoms with E-state index in [1.165, 1.54) is 12.7 Å². The van der Waals surface area contributed by atoms with E-state index >= 15 is 0 Å². The van der Waals surface area contributed by atoms with Crippen LogP contribution in [0.1, 0.15) is 12.5 Å². The van der Waals surface area contributed by atoms with Crippen LogP contribution in [-0.2, 0) is 4.79 Å². The Morgan fingerprint density at radius 2 is 2.02 bits per heavy atom. The molecule has 7 rings (SSSR count). The van der Waals surface area contributed by atoms with E-state index in [0.29, 0.717) is 60.2 Å². The van der Waals surface area contributed by atoms with E-state index in [9.17, 15) is 4.79 Å². The lowest BCUT2D eigenvalue weighted by Crippen LogP contribution is -2.56. The highest BCUT2D eigenvalue weighted by Gasteiger charge is 2.35. The maximum Gasteiger partial charge on any atom is 0.246 e. The largest absolute Gasteiger partial charge is 0.487 e. The van der Waals surface area contributed by atoms with Crippen molar-refractivity contribution >= 4 is 39.9 Å². The van der Waals surface area contributed by atoms with Gasteiger partial charge in [-0.05, 0) is 57.8 Å². The zero-order valence-electron chi connectivity index (χ0n) is 25.6. The number of carbonyl (C=O) groups excluding carboxylic acids is 1. The van der Waals surface area contributed by atoms with Crippen LogP contribution in [-0.4, -0.2) is 97.7 Å². The number of carbonyl (C=O) groups is 1. The predicted octanol–water partition coefficient (Wildman–Crippen LogP) is 3.83. The number of amides is 1. The molecular formula is C32H34N10O3. The molecule has 1 amide bonds. The third-order valence-corrected chi connectivity index (χ3v) is 8.30. The standard InChI is InChI=1S/C32H34N10O3/c1-20-13-22(6-7-26(20)45-24-9-10-42-28(14-24)34-19-36-42)37-31-30-25(33-18-35-31)15-27-32(38-30)40-11-12-41(23(16-40)17-44-27)29(43)8-5-21(2)39(3)4/h5-10,13-15,18-19,21,23H,11-12,16-17H2,1-4H3,(H,33,35,37)/b8-5+/t21-,23-/m1/s1. The number of hydrogen-bond donors (Lipinski definition) is 1. The van der Waals surface area contributed by atoms with E-state index in [2.05, 4.69) is 42.1 Å². The molecule has 13 nitrogen and oxygen atoms in total. The molecule has 1 N–H and O–H groups in total. The van der Waals surface area contributed by atoms with Crippen molar-refractivity contribution in [2.24, 2.45) is 0 Å². The Morgan fingerprint density at radius 3 is 2.87 bits per heavy atom. The van der Waals surface area contributed by atoms with E-state index in [0.717, 1.165) is 22.8 Å². The lowest BCUT2D eigenvalue weighted by Gasteiger charge is -2.39. The minimum atomic E-state index is -0.0893. The van der Waals surface area contributed by atoms with Gasteiger partial charge in [-0.3, -0.25) is 4.79 Å². The first-order valence-electron chi connectivity index (χ1n) is 14.9. The quantitative estimate of drug-likeness (QED) is 0.272. The number of anilines is 3. The van der Waals surface area contributed by atoms with Gasteiger partial charge in [-0.15, -0.1) is 0 Å². The number of pyridine rings is 2. The Kier molecular flexibility index (Phi) is 7.37. The maximum absolute atomic E-state index is 13.1. The van der Waals surface area contributed by atoms with Crippen LogP contribution in [0.5, 0.6) is 17.2 Å². The molecule has 0 saturated carbocycles. The molecule has 4 aromatic heterocycles. The molecule has 2 atom stereocenters. The van der Waals surface area contributed by atoms with Gasteiger partial charge in [-0.1, -0.05) is 6.08 Å². The Bertz CT molecular complexity index is 1920. The first-order chi connectivity index (χ1) is 21.8. The number of ether oxygens (including phenoxy) is 2. The maximum atomic E-state index is 13.1. The molecule has 13 heteroatoms. The van der Waals surface area contributed by atoms with Gasteiger partial charge in [0.2, 0.25) is 5.91 Å². The average Bonchev–Trinajstić information content (AvgIpc) is 3.46. The van der Waals surface area contributed by atoms with Crippen LogP contribution in [0.3, 0.4) is 0 Å². The SMILES string of the molecule is Cc1cc(Nc2ncnc3cc4c(nc23)N2CCN(C(=O)/C=C/[C@@H](C)N(C)C)[C@@H](CO4)C2)ccc1Oc1ccn2ncnc2c1. The molecule has 2 bridgehead atoms. The van der Waals surface area contributed by atoms with Crippen molar-refractivity contribution in [1.82, 2.24) is 39.3 Å². The van der Waals surface area contributed by atoms with Crippen LogP contribution in [0, 0.1) is 6.92 Å². The average molecular weight is 607 g/mol. The lowest BCUT2D eigenvalue weighted by molar-refractivity contribution is -0.129. The molecular weight excluding hydrogens is 572 g/mol. The monoisotopic (exact) mass is 606 g/mol. The summed E-state index contributed by atoms with van der Waals surface area (Å²) in [6.07, 6.45) is 8.45. The topological polar surface area (TPSA) is 126 Å². The highest BCUT2D eigenvalue weighted by Crippen LogP contribution is 2.36. The van der Waals surface area contributed by atoms with Crippen LogP contribution in [0.4, 0.5) is 17.3 Å². The summed E-state index contributed by atoms with van der Waals surface area (Å²) in [5.41, 5.74) is 3.79. The normalized spacial score (nSPS) is 17.0. The van der Waals surface area contributed by atoms with Crippen molar-refractivity contribution in [2.45, 2.75) is 25.9 Å². The highest BCUT2D eigenvalue weighted by atomic mass is 16.5. The summed E-state index contributed by atoms with van der Waals surface area (Å²) in [6, 6.07) is 11.5. The van der Waals surface area contributed by atoms with Gasteiger partial charge in [-0.25, -0.2) is 24.5 Å². The molecule has 1 aromatic carbocycles. The zero-order chi connectivity index (χ0) is 31.1. The second-order valence-electron chi connectivity index (χ2n) is 11.5. The van der Waals surface area contributed by atoms with E-state index < -0.39 is 0 Å². The third-order valence-electron chi connectivity index (χ3n) is 8.30. The Morgan fingerprint density at radius 1 is 1.13 bits per heavy atom. The van der Waals surface area contributed by atoms with Gasteiger partial charge in [0.1, 0.15) is 36.3 Å². The van der Waals surface area contributed by atoms with Crippen molar-refractivity contribution in [3.8, 4) is 17.2 Å². The molecule has 1 fully saturated rings. The second-order valence-corrected chi connectivity index (χ2v) is 11.5. The number of rotatable bonds is 7. The van der Waals surface area contributed by atoms with Gasteiger partial charge in [-0.2, -0.15) is 5.10 Å². The Balaban J connectivity index is 1.10. The van der Waals surface area contributed by atoms with Crippen LogP contribution >= 0.6 is 0 Å². The summed E-state index contributed by atoms with van der Waals surface area (Å²) in [5, 5.41) is 7.54. The molecule has 45 heavy (non-hydrogen) atoms. The fourth-order valence-electron chi connectivity index (χ4n) is 5.50. The number of nitrogens with zero attached hydrogens (tertiary/aromatic N) is 9. The van der Waals surface area contributed by atoms with Crippen LogP contribution < -0.4 is 19.7 Å². The fourth-order valence-corrected chi connectivity index (χ4v) is 5.50. The number of likely N-dealkylation sites (N-methyl/N-ethyl adjacent to an activating group) is 1. The molecule has 0 radical (unpaired) electrons. The molecule has 0 spiro atoms. The number of aromatic nitrogens is 6. The summed E-state index contributed by atoms with van der Waals surface area (Å²) in [4.78, 5) is 37.5. The first kappa shape index (κ1) is 28.5. The molecule has 0 unspecified atom stereocenters. The summed E-state index contributed by atoms with van der Waals surface area (Å²) < 4.78 is 14.1. The van der Waals surface area contributed by atoms with Gasteiger partial charge >= 0.3 is 0 Å². The Hall–Kier alpha value is -5.30. The van der Waals surface area contributed by atoms with Crippen LogP contribution in [0.2, 0.25) is 0 Å². The van der Waals surface area contributed by atoms with Gasteiger partial charge in [0, 0.05) is 55.8 Å². The lowest BCUT2D eigenvalue weighted by atomic mass is 10.1. The van der Waals surface area contributed by atoms with Crippen LogP contribution in [0.15, 0.2) is 67.4 Å². The molecule has 2 aliphatic rings. The number of piperazine rings is 1. The van der Waals surface area contributed by atoms with Crippen molar-refractivity contribution in [3.05, 3.63) is 73.0 Å². The second kappa shape index (κ2) is 11.7. The molecule has 2 aliphatic heterocycles. The zero-order valence-corrected chi connectivity index (χ0v) is 25.6.